The van der Waals surface area contributed by atoms with E-state index in [1.54, 1.807) is 6.92 Å². The lowest BCUT2D eigenvalue weighted by Crippen LogP contribution is -1.98. The molecule has 65 valence electrons. The number of aryl methyl sites for hydroxylation is 1. The van der Waals surface area contributed by atoms with Gasteiger partial charge in [0.25, 0.3) is 10.1 Å². The molecule has 0 amide bonds. The summed E-state index contributed by atoms with van der Waals surface area (Å²) in [7, 11) is -4.15. The quantitative estimate of drug-likeness (QED) is 0.710. The van der Waals surface area contributed by atoms with Crippen LogP contribution in [0.2, 0.25) is 5.02 Å². The van der Waals surface area contributed by atoms with Gasteiger partial charge in [0.1, 0.15) is 0 Å². The first-order chi connectivity index (χ1) is 5.39. The van der Waals surface area contributed by atoms with Crippen molar-refractivity contribution in [2.24, 2.45) is 0 Å². The molecule has 1 N–H and O–H groups in total. The van der Waals surface area contributed by atoms with Crippen LogP contribution in [0.1, 0.15) is 5.56 Å². The Morgan fingerprint density at radius 1 is 1.50 bits per heavy atom. The van der Waals surface area contributed by atoms with E-state index in [9.17, 15) is 8.42 Å². The maximum atomic E-state index is 10.6. The fraction of sp³-hybridized carbons (Fsp3) is 0.143. The molecule has 1 rings (SSSR count). The molecule has 0 aromatic heterocycles. The van der Waals surface area contributed by atoms with Gasteiger partial charge in [-0.3, -0.25) is 4.55 Å². The molecule has 0 atom stereocenters. The van der Waals surface area contributed by atoms with E-state index in [4.69, 9.17) is 16.2 Å². The van der Waals surface area contributed by atoms with Crippen molar-refractivity contribution in [1.29, 1.82) is 0 Å². The number of hydrogen-bond acceptors (Lipinski definition) is 2. The monoisotopic (exact) mass is 205 g/mol. The van der Waals surface area contributed by atoms with Crippen LogP contribution < -0.4 is 0 Å². The summed E-state index contributed by atoms with van der Waals surface area (Å²) in [6.07, 6.45) is 0. The van der Waals surface area contributed by atoms with Crippen molar-refractivity contribution < 1.29 is 13.0 Å². The van der Waals surface area contributed by atoms with Gasteiger partial charge in [0.2, 0.25) is 0 Å². The zero-order valence-electron chi connectivity index (χ0n) is 6.20. The molecule has 12 heavy (non-hydrogen) atoms. The smallest absolute Gasteiger partial charge is 0.282 e. The Balaban J connectivity index is 3.37. The minimum absolute atomic E-state index is 0.169. The Labute approximate surface area is 75.7 Å². The van der Waals surface area contributed by atoms with E-state index in [-0.39, 0.29) is 9.92 Å². The highest BCUT2D eigenvalue weighted by Gasteiger charge is 2.10. The average Bonchev–Trinajstić information content (AvgIpc) is 1.82. The first kappa shape index (κ1) is 9.51. The van der Waals surface area contributed by atoms with Gasteiger partial charge in [-0.1, -0.05) is 11.6 Å². The third-order valence-corrected chi connectivity index (χ3v) is 2.28. The molecule has 0 aliphatic heterocycles. The van der Waals surface area contributed by atoms with Gasteiger partial charge in [0.15, 0.2) is 0 Å². The minimum atomic E-state index is -4.15. The van der Waals surface area contributed by atoms with E-state index in [1.165, 1.54) is 6.07 Å². The van der Waals surface area contributed by atoms with Gasteiger partial charge < -0.3 is 0 Å². The number of hydrogen-bond donors (Lipinski definition) is 1. The lowest BCUT2D eigenvalue weighted by molar-refractivity contribution is 0.483. The van der Waals surface area contributed by atoms with E-state index < -0.39 is 10.1 Å². The molecule has 1 aromatic rings. The molecule has 1 radical (unpaired) electrons. The average molecular weight is 206 g/mol. The second kappa shape index (κ2) is 3.05. The highest BCUT2D eigenvalue weighted by molar-refractivity contribution is 7.85. The van der Waals surface area contributed by atoms with Gasteiger partial charge in [0.05, 0.1) is 9.92 Å². The normalized spacial score (nSPS) is 11.6. The zero-order valence-corrected chi connectivity index (χ0v) is 7.78. The molecule has 0 aliphatic rings. The molecule has 0 fully saturated rings. The molecular weight excluding hydrogens is 200 g/mol. The SMILES string of the molecule is Cc1[c]c(Cl)cc(S(=O)(=O)O)c1. The van der Waals surface area contributed by atoms with Crippen LogP contribution in [0.4, 0.5) is 0 Å². The third kappa shape index (κ3) is 2.20. The fourth-order valence-electron chi connectivity index (χ4n) is 0.789. The summed E-state index contributed by atoms with van der Waals surface area (Å²) in [6, 6.07) is 5.11. The largest absolute Gasteiger partial charge is 0.294 e. The molecule has 3 nitrogen and oxygen atoms in total. The lowest BCUT2D eigenvalue weighted by atomic mass is 10.2. The summed E-state index contributed by atoms with van der Waals surface area (Å²) in [5.74, 6) is 0. The van der Waals surface area contributed by atoms with E-state index in [0.717, 1.165) is 6.07 Å². The van der Waals surface area contributed by atoms with Crippen molar-refractivity contribution in [3.05, 3.63) is 28.8 Å². The Kier molecular flexibility index (Phi) is 2.41. The molecule has 0 aliphatic carbocycles. The highest BCUT2D eigenvalue weighted by Crippen LogP contribution is 2.17. The van der Waals surface area contributed by atoms with Gasteiger partial charge in [-0.15, -0.1) is 0 Å². The topological polar surface area (TPSA) is 54.4 Å². The molecule has 1 aromatic carbocycles. The molecule has 0 unspecified atom stereocenters. The maximum Gasteiger partial charge on any atom is 0.294 e. The number of rotatable bonds is 1. The van der Waals surface area contributed by atoms with E-state index in [0.29, 0.717) is 5.56 Å². The zero-order chi connectivity index (χ0) is 9.35. The number of halogens is 1. The summed E-state index contributed by atoms with van der Waals surface area (Å²) in [6.45, 7) is 1.64. The van der Waals surface area contributed by atoms with E-state index >= 15 is 0 Å². The second-order valence-electron chi connectivity index (χ2n) is 2.32. The fourth-order valence-corrected chi connectivity index (χ4v) is 1.71. The van der Waals surface area contributed by atoms with Crippen LogP contribution >= 0.6 is 11.6 Å². The Hall–Kier alpha value is -0.580. The van der Waals surface area contributed by atoms with Gasteiger partial charge in [-0.05, 0) is 24.6 Å². The van der Waals surface area contributed by atoms with Gasteiger partial charge in [0, 0.05) is 6.07 Å². The molecule has 0 saturated carbocycles. The summed E-state index contributed by atoms with van der Waals surface area (Å²) >= 11 is 5.53. The summed E-state index contributed by atoms with van der Waals surface area (Å²) < 4.78 is 29.9. The minimum Gasteiger partial charge on any atom is -0.282 e. The molecule has 0 saturated heterocycles. The first-order valence-corrected chi connectivity index (χ1v) is 4.88. The van der Waals surface area contributed by atoms with Crippen molar-refractivity contribution >= 4 is 21.7 Å². The van der Waals surface area contributed by atoms with Crippen LogP contribution in [0, 0.1) is 13.0 Å². The molecule has 5 heteroatoms. The van der Waals surface area contributed by atoms with Gasteiger partial charge in [-0.25, -0.2) is 0 Å². The Morgan fingerprint density at radius 2 is 2.08 bits per heavy atom. The maximum absolute atomic E-state index is 10.6. The van der Waals surface area contributed by atoms with Crippen molar-refractivity contribution in [1.82, 2.24) is 0 Å². The van der Waals surface area contributed by atoms with Crippen molar-refractivity contribution in [2.75, 3.05) is 0 Å². The second-order valence-corrected chi connectivity index (χ2v) is 4.15. The predicted octanol–water partition coefficient (Wildman–Crippen LogP) is 1.70. The van der Waals surface area contributed by atoms with E-state index in [1.807, 2.05) is 0 Å². The lowest BCUT2D eigenvalue weighted by Gasteiger charge is -1.98. The summed E-state index contributed by atoms with van der Waals surface area (Å²) in [5, 5.41) is 0.169. The highest BCUT2D eigenvalue weighted by atomic mass is 35.5. The molecule has 0 bridgehead atoms. The molecular formula is C7H6ClO3S. The Bertz CT molecular complexity index is 377. The van der Waals surface area contributed by atoms with Crippen LogP contribution in [-0.4, -0.2) is 13.0 Å². The van der Waals surface area contributed by atoms with Crippen LogP contribution in [0.3, 0.4) is 0 Å². The Morgan fingerprint density at radius 3 is 2.50 bits per heavy atom. The standard InChI is InChI=1S/C7H6ClO3S/c1-5-2-6(8)4-7(3-5)12(9,10)11/h3-4H,1H3,(H,9,10,11). The third-order valence-electron chi connectivity index (χ3n) is 1.24. The van der Waals surface area contributed by atoms with Crippen LogP contribution in [0.5, 0.6) is 0 Å². The summed E-state index contributed by atoms with van der Waals surface area (Å²) in [4.78, 5) is -0.205. The van der Waals surface area contributed by atoms with Crippen LogP contribution in [0.15, 0.2) is 17.0 Å². The first-order valence-electron chi connectivity index (χ1n) is 3.06. The molecule has 0 spiro atoms. The van der Waals surface area contributed by atoms with Crippen molar-refractivity contribution in [2.45, 2.75) is 11.8 Å². The molecule has 0 heterocycles. The van der Waals surface area contributed by atoms with Crippen molar-refractivity contribution in [3.8, 4) is 0 Å². The summed E-state index contributed by atoms with van der Waals surface area (Å²) in [5.41, 5.74) is 0.565. The van der Waals surface area contributed by atoms with E-state index in [2.05, 4.69) is 6.07 Å². The van der Waals surface area contributed by atoms with Crippen molar-refractivity contribution in [3.63, 3.8) is 0 Å². The van der Waals surface area contributed by atoms with Gasteiger partial charge in [-0.2, -0.15) is 8.42 Å². The van der Waals surface area contributed by atoms with Crippen LogP contribution in [0.25, 0.3) is 0 Å². The van der Waals surface area contributed by atoms with Crippen LogP contribution in [-0.2, 0) is 10.1 Å². The number of benzene rings is 1. The van der Waals surface area contributed by atoms with Gasteiger partial charge >= 0.3 is 0 Å². The predicted molar refractivity (Wildman–Crippen MR) is 44.8 cm³/mol.